The van der Waals surface area contributed by atoms with Crippen LogP contribution in [-0.4, -0.2) is 41.5 Å². The third-order valence-corrected chi connectivity index (χ3v) is 6.06. The largest absolute Gasteiger partial charge is 0.355 e. The molecule has 0 unspecified atom stereocenters. The number of likely N-dealkylation sites (tertiary alicyclic amines) is 1. The Hall–Kier alpha value is -2.48. The molecule has 1 fully saturated rings. The van der Waals surface area contributed by atoms with Crippen molar-refractivity contribution in [2.75, 3.05) is 25.0 Å². The van der Waals surface area contributed by atoms with Gasteiger partial charge in [-0.1, -0.05) is 13.8 Å². The summed E-state index contributed by atoms with van der Waals surface area (Å²) in [5.74, 6) is 0.0842. The zero-order chi connectivity index (χ0) is 20.8. The lowest BCUT2D eigenvalue weighted by Gasteiger charge is -2.31. The van der Waals surface area contributed by atoms with Crippen LogP contribution in [0.4, 0.5) is 14.9 Å². The van der Waals surface area contributed by atoms with Crippen molar-refractivity contribution in [2.24, 2.45) is 5.92 Å². The number of piperidine rings is 1. The van der Waals surface area contributed by atoms with E-state index in [1.54, 1.807) is 28.4 Å². The van der Waals surface area contributed by atoms with Gasteiger partial charge in [0.05, 0.1) is 10.7 Å². The Morgan fingerprint density at radius 3 is 2.59 bits per heavy atom. The maximum atomic E-state index is 13.0. The van der Waals surface area contributed by atoms with Crippen molar-refractivity contribution in [3.05, 3.63) is 46.2 Å². The standard InChI is InChI=1S/C21H27FN4O2S/c1-14(2)19(27)23-10-7-18-13-29-20(24-18)15-8-11-26(12-9-15)21(28)25-17-5-3-16(22)4-6-17/h3-6,13-15H,7-12H2,1-2H3,(H,23,27)(H,25,28). The van der Waals surface area contributed by atoms with Crippen molar-refractivity contribution >= 4 is 29.0 Å². The highest BCUT2D eigenvalue weighted by Gasteiger charge is 2.25. The van der Waals surface area contributed by atoms with Crippen LogP contribution in [-0.2, 0) is 11.2 Å². The molecule has 1 saturated heterocycles. The number of amides is 3. The molecule has 3 rings (SSSR count). The molecule has 0 atom stereocenters. The Morgan fingerprint density at radius 1 is 1.24 bits per heavy atom. The van der Waals surface area contributed by atoms with E-state index < -0.39 is 0 Å². The summed E-state index contributed by atoms with van der Waals surface area (Å²) in [5.41, 5.74) is 1.60. The first-order valence-electron chi connectivity index (χ1n) is 9.96. The number of halogens is 1. The van der Waals surface area contributed by atoms with Gasteiger partial charge in [-0.2, -0.15) is 0 Å². The topological polar surface area (TPSA) is 74.3 Å². The summed E-state index contributed by atoms with van der Waals surface area (Å²) in [6, 6.07) is 5.61. The second kappa shape index (κ2) is 9.82. The van der Waals surface area contributed by atoms with Gasteiger partial charge in [0, 0.05) is 49.0 Å². The number of urea groups is 1. The summed E-state index contributed by atoms with van der Waals surface area (Å²) >= 11 is 1.66. The number of carbonyl (C=O) groups excluding carboxylic acids is 2. The van der Waals surface area contributed by atoms with Crippen LogP contribution in [0.5, 0.6) is 0 Å². The predicted octanol–water partition coefficient (Wildman–Crippen LogP) is 4.01. The van der Waals surface area contributed by atoms with Gasteiger partial charge < -0.3 is 15.5 Å². The number of carbonyl (C=O) groups is 2. The molecule has 1 aliphatic rings. The van der Waals surface area contributed by atoms with Gasteiger partial charge >= 0.3 is 6.03 Å². The second-order valence-corrected chi connectivity index (χ2v) is 8.46. The summed E-state index contributed by atoms with van der Waals surface area (Å²) in [6.07, 6.45) is 2.47. The van der Waals surface area contributed by atoms with Crippen LogP contribution >= 0.6 is 11.3 Å². The maximum absolute atomic E-state index is 13.0. The lowest BCUT2D eigenvalue weighted by molar-refractivity contribution is -0.123. The van der Waals surface area contributed by atoms with E-state index in [4.69, 9.17) is 4.98 Å². The summed E-state index contributed by atoms with van der Waals surface area (Å²) in [6.45, 7) is 5.68. The molecule has 6 nitrogen and oxygen atoms in total. The van der Waals surface area contributed by atoms with Crippen LogP contribution in [0.15, 0.2) is 29.6 Å². The molecule has 2 heterocycles. The lowest BCUT2D eigenvalue weighted by Crippen LogP contribution is -2.40. The molecule has 29 heavy (non-hydrogen) atoms. The second-order valence-electron chi connectivity index (χ2n) is 7.57. The fourth-order valence-corrected chi connectivity index (χ4v) is 4.23. The number of nitrogens with one attached hydrogen (secondary N) is 2. The van der Waals surface area contributed by atoms with Crippen molar-refractivity contribution in [1.29, 1.82) is 0 Å². The summed E-state index contributed by atoms with van der Waals surface area (Å²) in [7, 11) is 0. The van der Waals surface area contributed by atoms with E-state index in [2.05, 4.69) is 16.0 Å². The molecule has 1 aromatic heterocycles. The van der Waals surface area contributed by atoms with Crippen molar-refractivity contribution in [2.45, 2.75) is 39.0 Å². The van der Waals surface area contributed by atoms with Crippen LogP contribution < -0.4 is 10.6 Å². The first-order valence-corrected chi connectivity index (χ1v) is 10.8. The summed E-state index contributed by atoms with van der Waals surface area (Å²) in [4.78, 5) is 30.5. The first-order chi connectivity index (χ1) is 13.9. The van der Waals surface area contributed by atoms with E-state index in [0.29, 0.717) is 31.2 Å². The highest BCUT2D eigenvalue weighted by Crippen LogP contribution is 2.30. The average molecular weight is 419 g/mol. The molecule has 2 aromatic rings. The van der Waals surface area contributed by atoms with Crippen LogP contribution in [0.25, 0.3) is 0 Å². The molecule has 0 spiro atoms. The van der Waals surface area contributed by atoms with Gasteiger partial charge in [-0.3, -0.25) is 4.79 Å². The molecule has 8 heteroatoms. The van der Waals surface area contributed by atoms with Gasteiger partial charge in [0.2, 0.25) is 5.91 Å². The zero-order valence-corrected chi connectivity index (χ0v) is 17.6. The van der Waals surface area contributed by atoms with Gasteiger partial charge in [0.15, 0.2) is 0 Å². The molecule has 0 saturated carbocycles. The number of hydrogen-bond donors (Lipinski definition) is 2. The molecule has 0 bridgehead atoms. The predicted molar refractivity (Wildman–Crippen MR) is 113 cm³/mol. The summed E-state index contributed by atoms with van der Waals surface area (Å²) < 4.78 is 13.0. The highest BCUT2D eigenvalue weighted by atomic mass is 32.1. The van der Waals surface area contributed by atoms with Gasteiger partial charge in [0.25, 0.3) is 0 Å². The number of rotatable bonds is 6. The minimum atomic E-state index is -0.325. The van der Waals surface area contributed by atoms with Gasteiger partial charge in [-0.05, 0) is 37.1 Å². The van der Waals surface area contributed by atoms with E-state index in [0.717, 1.165) is 30.0 Å². The maximum Gasteiger partial charge on any atom is 0.321 e. The van der Waals surface area contributed by atoms with E-state index >= 15 is 0 Å². The van der Waals surface area contributed by atoms with Crippen molar-refractivity contribution < 1.29 is 14.0 Å². The van der Waals surface area contributed by atoms with E-state index in [1.807, 2.05) is 13.8 Å². The molecular weight excluding hydrogens is 391 g/mol. The number of benzene rings is 1. The Labute approximate surface area is 174 Å². The first kappa shape index (κ1) is 21.2. The SMILES string of the molecule is CC(C)C(=O)NCCc1csc(C2CCN(C(=O)Nc3ccc(F)cc3)CC2)n1. The number of hydrogen-bond acceptors (Lipinski definition) is 4. The zero-order valence-electron chi connectivity index (χ0n) is 16.8. The Balaban J connectivity index is 1.44. The molecule has 0 aliphatic carbocycles. The highest BCUT2D eigenvalue weighted by molar-refractivity contribution is 7.09. The van der Waals surface area contributed by atoms with Crippen molar-refractivity contribution in [3.8, 4) is 0 Å². The number of anilines is 1. The van der Waals surface area contributed by atoms with E-state index in [9.17, 15) is 14.0 Å². The monoisotopic (exact) mass is 418 g/mol. The molecule has 2 N–H and O–H groups in total. The summed E-state index contributed by atoms with van der Waals surface area (Å²) in [5, 5.41) is 8.89. The smallest absolute Gasteiger partial charge is 0.321 e. The van der Waals surface area contributed by atoms with Crippen LogP contribution in [0.1, 0.15) is 43.3 Å². The Kier molecular flexibility index (Phi) is 7.19. The molecule has 3 amide bonds. The van der Waals surface area contributed by atoms with Gasteiger partial charge in [0.1, 0.15) is 5.82 Å². The fraction of sp³-hybridized carbons (Fsp3) is 0.476. The molecule has 1 aromatic carbocycles. The van der Waals surface area contributed by atoms with Crippen LogP contribution in [0, 0.1) is 11.7 Å². The number of thiazole rings is 1. The van der Waals surface area contributed by atoms with Crippen LogP contribution in [0.3, 0.4) is 0 Å². The Bertz CT molecular complexity index is 829. The minimum Gasteiger partial charge on any atom is -0.355 e. The number of nitrogens with zero attached hydrogens (tertiary/aromatic N) is 2. The average Bonchev–Trinajstić information content (AvgIpc) is 3.18. The normalized spacial score (nSPS) is 14.8. The van der Waals surface area contributed by atoms with E-state index in [1.165, 1.54) is 12.1 Å². The van der Waals surface area contributed by atoms with Gasteiger partial charge in [-0.25, -0.2) is 14.2 Å². The molecule has 1 aliphatic heterocycles. The molecular formula is C21H27FN4O2S. The van der Waals surface area contributed by atoms with E-state index in [-0.39, 0.29) is 23.7 Å². The fourth-order valence-electron chi connectivity index (χ4n) is 3.21. The lowest BCUT2D eigenvalue weighted by atomic mass is 9.98. The minimum absolute atomic E-state index is 0.00793. The Morgan fingerprint density at radius 2 is 1.93 bits per heavy atom. The quantitative estimate of drug-likeness (QED) is 0.744. The third-order valence-electron chi connectivity index (χ3n) is 5.00. The molecule has 156 valence electrons. The van der Waals surface area contributed by atoms with Crippen molar-refractivity contribution in [1.82, 2.24) is 15.2 Å². The van der Waals surface area contributed by atoms with Gasteiger partial charge in [-0.15, -0.1) is 11.3 Å². The number of aromatic nitrogens is 1. The third kappa shape index (κ3) is 6.00. The van der Waals surface area contributed by atoms with Crippen LogP contribution in [0.2, 0.25) is 0 Å². The molecule has 0 radical (unpaired) electrons. The van der Waals surface area contributed by atoms with Crippen molar-refractivity contribution in [3.63, 3.8) is 0 Å².